The Morgan fingerprint density at radius 2 is 2.18 bits per heavy atom. The van der Waals surface area contributed by atoms with E-state index < -0.39 is 0 Å². The fourth-order valence-electron chi connectivity index (χ4n) is 1.84. The lowest BCUT2D eigenvalue weighted by molar-refractivity contribution is -0.128. The van der Waals surface area contributed by atoms with Crippen LogP contribution in [0.2, 0.25) is 0 Å². The van der Waals surface area contributed by atoms with Crippen LogP contribution in [0.3, 0.4) is 0 Å². The lowest BCUT2D eigenvalue weighted by atomic mass is 9.85. The molecule has 0 spiro atoms. The Balaban J connectivity index is 1.72. The van der Waals surface area contributed by atoms with Crippen LogP contribution >= 0.6 is 0 Å². The molecule has 1 aromatic heterocycles. The van der Waals surface area contributed by atoms with Crippen molar-refractivity contribution in [2.45, 2.75) is 19.3 Å². The fourth-order valence-corrected chi connectivity index (χ4v) is 1.84. The topological polar surface area (TPSA) is 58.1 Å². The minimum atomic E-state index is 0.0874. The number of hydrogen-bond donors (Lipinski definition) is 1. The van der Waals surface area contributed by atoms with Crippen molar-refractivity contribution in [3.63, 3.8) is 0 Å². The number of amides is 1. The van der Waals surface area contributed by atoms with Crippen molar-refractivity contribution in [1.29, 1.82) is 0 Å². The highest BCUT2D eigenvalue weighted by Crippen LogP contribution is 2.26. The Morgan fingerprint density at radius 3 is 2.76 bits per heavy atom. The highest BCUT2D eigenvalue weighted by Gasteiger charge is 2.21. The van der Waals surface area contributed by atoms with E-state index >= 15 is 0 Å². The van der Waals surface area contributed by atoms with Crippen molar-refractivity contribution >= 4 is 11.9 Å². The molecule has 92 valence electrons. The normalized spacial score (nSPS) is 15.1. The molecule has 0 radical (unpaired) electrons. The van der Waals surface area contributed by atoms with Gasteiger partial charge >= 0.3 is 0 Å². The summed E-state index contributed by atoms with van der Waals surface area (Å²) in [4.78, 5) is 21.6. The monoisotopic (exact) mass is 234 g/mol. The summed E-state index contributed by atoms with van der Waals surface area (Å²) in [6.07, 6.45) is 7.12. The van der Waals surface area contributed by atoms with E-state index in [4.69, 9.17) is 0 Å². The van der Waals surface area contributed by atoms with Crippen LogP contribution in [0.4, 0.5) is 5.95 Å². The van der Waals surface area contributed by atoms with Crippen LogP contribution in [0, 0.1) is 5.92 Å². The van der Waals surface area contributed by atoms with E-state index in [-0.39, 0.29) is 12.5 Å². The number of likely N-dealkylation sites (N-methyl/N-ethyl adjacent to an activating group) is 1. The van der Waals surface area contributed by atoms with E-state index in [0.29, 0.717) is 11.9 Å². The molecule has 5 heteroatoms. The van der Waals surface area contributed by atoms with Crippen LogP contribution in [0.15, 0.2) is 18.5 Å². The molecule has 1 N–H and O–H groups in total. The maximum Gasteiger partial charge on any atom is 0.241 e. The first kappa shape index (κ1) is 11.8. The lowest BCUT2D eigenvalue weighted by Crippen LogP contribution is -2.37. The van der Waals surface area contributed by atoms with Crippen LogP contribution in [-0.4, -0.2) is 40.9 Å². The highest BCUT2D eigenvalue weighted by atomic mass is 16.2. The third-order valence-electron chi connectivity index (χ3n) is 3.15. The van der Waals surface area contributed by atoms with E-state index in [2.05, 4.69) is 15.3 Å². The Morgan fingerprint density at radius 1 is 1.47 bits per heavy atom. The minimum Gasteiger partial charge on any atom is -0.345 e. The number of aromatic nitrogens is 2. The number of rotatable bonds is 5. The summed E-state index contributed by atoms with van der Waals surface area (Å²) < 4.78 is 0. The zero-order chi connectivity index (χ0) is 12.1. The molecule has 1 heterocycles. The van der Waals surface area contributed by atoms with E-state index in [0.717, 1.165) is 6.54 Å². The summed E-state index contributed by atoms with van der Waals surface area (Å²) in [5.41, 5.74) is 0. The van der Waals surface area contributed by atoms with Gasteiger partial charge in [-0.3, -0.25) is 4.79 Å². The van der Waals surface area contributed by atoms with Crippen LogP contribution in [-0.2, 0) is 4.79 Å². The van der Waals surface area contributed by atoms with Gasteiger partial charge in [0, 0.05) is 26.0 Å². The third-order valence-corrected chi connectivity index (χ3v) is 3.15. The average molecular weight is 234 g/mol. The van der Waals surface area contributed by atoms with Gasteiger partial charge in [0.15, 0.2) is 0 Å². The molecule has 2 rings (SSSR count). The summed E-state index contributed by atoms with van der Waals surface area (Å²) in [7, 11) is 1.86. The molecule has 5 nitrogen and oxygen atoms in total. The molecular weight excluding hydrogens is 216 g/mol. The van der Waals surface area contributed by atoms with Gasteiger partial charge in [-0.05, 0) is 24.8 Å². The van der Waals surface area contributed by atoms with Gasteiger partial charge in [0.25, 0.3) is 0 Å². The molecule has 0 aliphatic heterocycles. The van der Waals surface area contributed by atoms with Gasteiger partial charge in [0.1, 0.15) is 0 Å². The highest BCUT2D eigenvalue weighted by molar-refractivity contribution is 5.80. The van der Waals surface area contributed by atoms with Crippen LogP contribution in [0.5, 0.6) is 0 Å². The van der Waals surface area contributed by atoms with Gasteiger partial charge in [-0.15, -0.1) is 0 Å². The van der Waals surface area contributed by atoms with Gasteiger partial charge in [-0.2, -0.15) is 0 Å². The lowest BCUT2D eigenvalue weighted by Gasteiger charge is -2.30. The zero-order valence-electron chi connectivity index (χ0n) is 10.1. The maximum atomic E-state index is 11.8. The number of nitrogens with one attached hydrogen (secondary N) is 1. The Hall–Kier alpha value is -1.65. The quantitative estimate of drug-likeness (QED) is 0.830. The van der Waals surface area contributed by atoms with Crippen LogP contribution < -0.4 is 5.32 Å². The molecule has 1 saturated carbocycles. The molecule has 1 aliphatic carbocycles. The minimum absolute atomic E-state index is 0.0874. The second-order valence-electron chi connectivity index (χ2n) is 4.50. The first-order valence-corrected chi connectivity index (χ1v) is 6.00. The molecular formula is C12H18N4O. The summed E-state index contributed by atoms with van der Waals surface area (Å²) in [6.45, 7) is 1.13. The van der Waals surface area contributed by atoms with Gasteiger partial charge in [-0.1, -0.05) is 6.42 Å². The van der Waals surface area contributed by atoms with Gasteiger partial charge in [0.05, 0.1) is 6.54 Å². The summed E-state index contributed by atoms with van der Waals surface area (Å²) in [5.74, 6) is 1.29. The summed E-state index contributed by atoms with van der Waals surface area (Å²) in [5, 5.41) is 2.92. The van der Waals surface area contributed by atoms with Crippen molar-refractivity contribution < 1.29 is 4.79 Å². The molecule has 17 heavy (non-hydrogen) atoms. The molecule has 1 amide bonds. The first-order chi connectivity index (χ1) is 8.25. The average Bonchev–Trinajstić information content (AvgIpc) is 2.32. The Bertz CT molecular complexity index is 364. The number of anilines is 1. The Kier molecular flexibility index (Phi) is 3.90. The molecule has 1 aliphatic rings. The number of hydrogen-bond acceptors (Lipinski definition) is 4. The second-order valence-corrected chi connectivity index (χ2v) is 4.50. The second kappa shape index (κ2) is 5.61. The van der Waals surface area contributed by atoms with Crippen LogP contribution in [0.1, 0.15) is 19.3 Å². The van der Waals surface area contributed by atoms with Crippen LogP contribution in [0.25, 0.3) is 0 Å². The van der Waals surface area contributed by atoms with Gasteiger partial charge in [0.2, 0.25) is 11.9 Å². The number of nitrogens with zero attached hydrogens (tertiary/aromatic N) is 3. The number of carbonyl (C=O) groups excluding carboxylic acids is 1. The van der Waals surface area contributed by atoms with Crippen molar-refractivity contribution in [3.8, 4) is 0 Å². The predicted octanol–water partition coefficient (Wildman–Crippen LogP) is 1.15. The SMILES string of the molecule is CN(CC1CCC1)C(=O)CNc1ncccn1. The molecule has 1 fully saturated rings. The zero-order valence-corrected chi connectivity index (χ0v) is 10.1. The largest absolute Gasteiger partial charge is 0.345 e. The van der Waals surface area contributed by atoms with Gasteiger partial charge < -0.3 is 10.2 Å². The predicted molar refractivity (Wildman–Crippen MR) is 65.5 cm³/mol. The molecule has 0 unspecified atom stereocenters. The molecule has 0 aromatic carbocycles. The maximum absolute atomic E-state index is 11.8. The summed E-state index contributed by atoms with van der Waals surface area (Å²) >= 11 is 0. The van der Waals surface area contributed by atoms with E-state index in [1.54, 1.807) is 23.4 Å². The standard InChI is InChI=1S/C12H18N4O/c1-16(9-10-4-2-5-10)11(17)8-15-12-13-6-3-7-14-12/h3,6-7,10H,2,4-5,8-9H2,1H3,(H,13,14,15). The van der Waals surface area contributed by atoms with E-state index in [1.165, 1.54) is 19.3 Å². The first-order valence-electron chi connectivity index (χ1n) is 6.00. The van der Waals surface area contributed by atoms with Crippen molar-refractivity contribution in [2.24, 2.45) is 5.92 Å². The van der Waals surface area contributed by atoms with Crippen molar-refractivity contribution in [1.82, 2.24) is 14.9 Å². The summed E-state index contributed by atoms with van der Waals surface area (Å²) in [6, 6.07) is 1.75. The smallest absolute Gasteiger partial charge is 0.241 e. The van der Waals surface area contributed by atoms with Crippen molar-refractivity contribution in [2.75, 3.05) is 25.5 Å². The van der Waals surface area contributed by atoms with E-state index in [1.807, 2.05) is 7.05 Å². The van der Waals surface area contributed by atoms with Crippen molar-refractivity contribution in [3.05, 3.63) is 18.5 Å². The molecule has 0 saturated heterocycles. The molecule has 0 atom stereocenters. The van der Waals surface area contributed by atoms with E-state index in [9.17, 15) is 4.79 Å². The fraction of sp³-hybridized carbons (Fsp3) is 0.583. The Labute approximate surface area is 101 Å². The third kappa shape index (κ3) is 3.41. The molecule has 1 aromatic rings. The van der Waals surface area contributed by atoms with Gasteiger partial charge in [-0.25, -0.2) is 9.97 Å². The molecule has 0 bridgehead atoms. The number of carbonyl (C=O) groups is 1.